The van der Waals surface area contributed by atoms with Crippen molar-refractivity contribution in [1.29, 1.82) is 0 Å². The fraction of sp³-hybridized carbons (Fsp3) is 0.562. The van der Waals surface area contributed by atoms with E-state index in [0.717, 1.165) is 23.4 Å². The second-order valence-electron chi connectivity index (χ2n) is 5.09. The molecule has 1 aromatic rings. The first-order valence-corrected chi connectivity index (χ1v) is 7.70. The van der Waals surface area contributed by atoms with Crippen LogP contribution >= 0.6 is 12.2 Å². The zero-order chi connectivity index (χ0) is 14.1. The van der Waals surface area contributed by atoms with E-state index in [9.17, 15) is 0 Å². The summed E-state index contributed by atoms with van der Waals surface area (Å²) in [5.41, 5.74) is 8.93. The zero-order valence-electron chi connectivity index (χ0n) is 12.2. The minimum absolute atomic E-state index is 0.472. The summed E-state index contributed by atoms with van der Waals surface area (Å²) in [6, 6.07) is 6.17. The van der Waals surface area contributed by atoms with E-state index in [1.54, 1.807) is 0 Å². The maximum atomic E-state index is 5.66. The summed E-state index contributed by atoms with van der Waals surface area (Å²) in [6.07, 6.45) is 7.96. The van der Waals surface area contributed by atoms with Crippen molar-refractivity contribution in [2.75, 3.05) is 11.9 Å². The number of thiocarbonyl (C=S) groups is 1. The van der Waals surface area contributed by atoms with Crippen molar-refractivity contribution in [1.82, 2.24) is 0 Å². The average molecular weight is 278 g/mol. The lowest BCUT2D eigenvalue weighted by Crippen LogP contribution is -2.11. The maximum Gasteiger partial charge on any atom is 0.104 e. The van der Waals surface area contributed by atoms with E-state index in [1.165, 1.54) is 38.5 Å². The van der Waals surface area contributed by atoms with Gasteiger partial charge in [-0.15, -0.1) is 0 Å². The Bertz CT molecular complexity index is 402. The lowest BCUT2D eigenvalue weighted by molar-refractivity contribution is 0.617. The Labute approximate surface area is 122 Å². The van der Waals surface area contributed by atoms with Crippen molar-refractivity contribution >= 4 is 22.9 Å². The van der Waals surface area contributed by atoms with E-state index in [2.05, 4.69) is 24.4 Å². The van der Waals surface area contributed by atoms with E-state index < -0.39 is 0 Å². The van der Waals surface area contributed by atoms with Crippen molar-refractivity contribution in [3.8, 4) is 0 Å². The van der Waals surface area contributed by atoms with Crippen molar-refractivity contribution < 1.29 is 0 Å². The predicted molar refractivity (Wildman–Crippen MR) is 88.9 cm³/mol. The van der Waals surface area contributed by atoms with Crippen LogP contribution < -0.4 is 11.1 Å². The molecule has 0 unspecified atom stereocenters. The highest BCUT2D eigenvalue weighted by Crippen LogP contribution is 2.15. The summed E-state index contributed by atoms with van der Waals surface area (Å²) in [5.74, 6) is 0. The number of nitrogens with two attached hydrogens (primary N) is 1. The first-order chi connectivity index (χ1) is 9.15. The molecule has 0 aliphatic carbocycles. The summed E-state index contributed by atoms with van der Waals surface area (Å²) >= 11 is 5.01. The molecule has 0 saturated carbocycles. The first kappa shape index (κ1) is 16.0. The minimum atomic E-state index is 0.472. The SMILES string of the molecule is CCCCCCCCNc1ccc(C(N)=S)c(C)c1. The molecular weight excluding hydrogens is 252 g/mol. The van der Waals surface area contributed by atoms with E-state index in [-0.39, 0.29) is 0 Å². The molecule has 0 fully saturated rings. The van der Waals surface area contributed by atoms with E-state index in [4.69, 9.17) is 18.0 Å². The monoisotopic (exact) mass is 278 g/mol. The van der Waals surface area contributed by atoms with Gasteiger partial charge in [0.05, 0.1) is 0 Å². The molecule has 19 heavy (non-hydrogen) atoms. The van der Waals surface area contributed by atoms with Crippen LogP contribution in [0.2, 0.25) is 0 Å². The van der Waals surface area contributed by atoms with Gasteiger partial charge in [-0.25, -0.2) is 0 Å². The molecule has 0 bridgehead atoms. The first-order valence-electron chi connectivity index (χ1n) is 7.29. The highest BCUT2D eigenvalue weighted by atomic mass is 32.1. The summed E-state index contributed by atoms with van der Waals surface area (Å²) in [5, 5.41) is 3.46. The van der Waals surface area contributed by atoms with Crippen LogP contribution in [0.3, 0.4) is 0 Å². The Morgan fingerprint density at radius 3 is 2.47 bits per heavy atom. The smallest absolute Gasteiger partial charge is 0.104 e. The molecule has 0 amide bonds. The quantitative estimate of drug-likeness (QED) is 0.519. The highest BCUT2D eigenvalue weighted by molar-refractivity contribution is 7.80. The van der Waals surface area contributed by atoms with E-state index >= 15 is 0 Å². The molecule has 1 aromatic carbocycles. The number of hydrogen-bond acceptors (Lipinski definition) is 2. The number of aryl methyl sites for hydroxylation is 1. The van der Waals surface area contributed by atoms with Crippen molar-refractivity contribution in [3.63, 3.8) is 0 Å². The van der Waals surface area contributed by atoms with E-state index in [1.807, 2.05) is 13.0 Å². The third-order valence-corrected chi connectivity index (χ3v) is 3.57. The van der Waals surface area contributed by atoms with Gasteiger partial charge < -0.3 is 11.1 Å². The van der Waals surface area contributed by atoms with Crippen LogP contribution in [-0.4, -0.2) is 11.5 Å². The van der Waals surface area contributed by atoms with Crippen LogP contribution in [0.15, 0.2) is 18.2 Å². The predicted octanol–water partition coefficient (Wildman–Crippen LogP) is 4.40. The number of hydrogen-bond donors (Lipinski definition) is 2. The van der Waals surface area contributed by atoms with Gasteiger partial charge >= 0.3 is 0 Å². The molecule has 1 rings (SSSR count). The summed E-state index contributed by atoms with van der Waals surface area (Å²) < 4.78 is 0. The van der Waals surface area contributed by atoms with Gasteiger partial charge in [0.15, 0.2) is 0 Å². The normalized spacial score (nSPS) is 10.4. The molecule has 0 radical (unpaired) electrons. The molecule has 0 spiro atoms. The fourth-order valence-corrected chi connectivity index (χ4v) is 2.42. The number of rotatable bonds is 9. The molecule has 0 heterocycles. The zero-order valence-corrected chi connectivity index (χ0v) is 13.0. The topological polar surface area (TPSA) is 38.0 Å². The maximum absolute atomic E-state index is 5.66. The number of unbranched alkanes of at least 4 members (excludes halogenated alkanes) is 5. The largest absolute Gasteiger partial charge is 0.389 e. The van der Waals surface area contributed by atoms with Crippen LogP contribution in [0.25, 0.3) is 0 Å². The minimum Gasteiger partial charge on any atom is -0.389 e. The molecule has 0 atom stereocenters. The third kappa shape index (κ3) is 6.06. The van der Waals surface area contributed by atoms with Gasteiger partial charge in [-0.3, -0.25) is 0 Å². The standard InChI is InChI=1S/C16H26N2S/c1-3-4-5-6-7-8-11-18-14-9-10-15(16(17)19)13(2)12-14/h9-10,12,18H,3-8,11H2,1-2H3,(H2,17,19). The lowest BCUT2D eigenvalue weighted by Gasteiger charge is -2.09. The van der Waals surface area contributed by atoms with Crippen LogP contribution in [0.1, 0.15) is 56.6 Å². The molecule has 3 N–H and O–H groups in total. The molecule has 0 aliphatic heterocycles. The third-order valence-electron chi connectivity index (χ3n) is 3.35. The van der Waals surface area contributed by atoms with Gasteiger partial charge in [0.2, 0.25) is 0 Å². The van der Waals surface area contributed by atoms with Crippen LogP contribution in [0, 0.1) is 6.92 Å². The second kappa shape index (κ2) is 8.92. The number of nitrogens with one attached hydrogen (secondary N) is 1. The Hall–Kier alpha value is -1.09. The molecule has 0 aliphatic rings. The highest BCUT2D eigenvalue weighted by Gasteiger charge is 2.02. The van der Waals surface area contributed by atoms with Crippen molar-refractivity contribution in [3.05, 3.63) is 29.3 Å². The van der Waals surface area contributed by atoms with Gasteiger partial charge in [-0.2, -0.15) is 0 Å². The Kier molecular flexibility index (Phi) is 7.49. The molecule has 2 nitrogen and oxygen atoms in total. The second-order valence-corrected chi connectivity index (χ2v) is 5.53. The van der Waals surface area contributed by atoms with Gasteiger partial charge in [0.25, 0.3) is 0 Å². The van der Waals surface area contributed by atoms with Gasteiger partial charge in [0.1, 0.15) is 4.99 Å². The van der Waals surface area contributed by atoms with Gasteiger partial charge in [0, 0.05) is 17.8 Å². The van der Waals surface area contributed by atoms with Crippen LogP contribution in [-0.2, 0) is 0 Å². The van der Waals surface area contributed by atoms with Crippen molar-refractivity contribution in [2.45, 2.75) is 52.4 Å². The Balaban J connectivity index is 2.26. The van der Waals surface area contributed by atoms with Crippen LogP contribution in [0.4, 0.5) is 5.69 Å². The van der Waals surface area contributed by atoms with Crippen molar-refractivity contribution in [2.24, 2.45) is 5.73 Å². The number of anilines is 1. The molecule has 0 saturated heterocycles. The molecule has 0 aromatic heterocycles. The van der Waals surface area contributed by atoms with E-state index in [0.29, 0.717) is 4.99 Å². The molecular formula is C16H26N2S. The summed E-state index contributed by atoms with van der Waals surface area (Å²) in [4.78, 5) is 0.472. The molecule has 3 heteroatoms. The van der Waals surface area contributed by atoms with Crippen LogP contribution in [0.5, 0.6) is 0 Å². The average Bonchev–Trinajstić information content (AvgIpc) is 2.37. The van der Waals surface area contributed by atoms with Gasteiger partial charge in [-0.05, 0) is 37.1 Å². The van der Waals surface area contributed by atoms with Gasteiger partial charge in [-0.1, -0.05) is 51.2 Å². The summed E-state index contributed by atoms with van der Waals surface area (Å²) in [7, 11) is 0. The Morgan fingerprint density at radius 1 is 1.16 bits per heavy atom. The summed E-state index contributed by atoms with van der Waals surface area (Å²) in [6.45, 7) is 5.34. The fourth-order valence-electron chi connectivity index (χ4n) is 2.19. The Morgan fingerprint density at radius 2 is 1.84 bits per heavy atom. The molecule has 106 valence electrons. The lowest BCUT2D eigenvalue weighted by atomic mass is 10.1. The number of benzene rings is 1.